The SMILES string of the molecule is O=C1NCCc2[nH]c(-c3cccc4ccc(N5CCOCC5)nc34)cc21. The van der Waals surface area contributed by atoms with Crippen molar-refractivity contribution >= 4 is 22.6 Å². The zero-order chi connectivity index (χ0) is 17.5. The van der Waals surface area contributed by atoms with E-state index in [4.69, 9.17) is 9.72 Å². The van der Waals surface area contributed by atoms with Gasteiger partial charge in [-0.1, -0.05) is 18.2 Å². The van der Waals surface area contributed by atoms with Gasteiger partial charge >= 0.3 is 0 Å². The van der Waals surface area contributed by atoms with Gasteiger partial charge in [-0.25, -0.2) is 4.98 Å². The summed E-state index contributed by atoms with van der Waals surface area (Å²) in [5.74, 6) is 0.971. The molecule has 0 spiro atoms. The van der Waals surface area contributed by atoms with E-state index in [0.717, 1.165) is 72.0 Å². The van der Waals surface area contributed by atoms with Crippen LogP contribution in [0, 0.1) is 0 Å². The van der Waals surface area contributed by atoms with Gasteiger partial charge in [-0.2, -0.15) is 0 Å². The van der Waals surface area contributed by atoms with Gasteiger partial charge in [0.2, 0.25) is 0 Å². The van der Waals surface area contributed by atoms with Gasteiger partial charge in [0.05, 0.1) is 24.3 Å². The van der Waals surface area contributed by atoms with Gasteiger partial charge in [0.25, 0.3) is 5.91 Å². The lowest BCUT2D eigenvalue weighted by atomic mass is 10.1. The molecule has 6 heteroatoms. The highest BCUT2D eigenvalue weighted by Gasteiger charge is 2.21. The summed E-state index contributed by atoms with van der Waals surface area (Å²) >= 11 is 0. The molecule has 2 aromatic heterocycles. The van der Waals surface area contributed by atoms with E-state index in [1.165, 1.54) is 0 Å². The first-order valence-corrected chi connectivity index (χ1v) is 9.02. The summed E-state index contributed by atoms with van der Waals surface area (Å²) in [4.78, 5) is 22.7. The molecule has 132 valence electrons. The number of pyridine rings is 1. The number of para-hydroxylation sites is 1. The third-order valence-corrected chi connectivity index (χ3v) is 5.14. The topological polar surface area (TPSA) is 70.2 Å². The Bertz CT molecular complexity index is 989. The first-order valence-electron chi connectivity index (χ1n) is 9.02. The van der Waals surface area contributed by atoms with E-state index in [2.05, 4.69) is 39.5 Å². The highest BCUT2D eigenvalue weighted by Crippen LogP contribution is 2.31. The minimum Gasteiger partial charge on any atom is -0.378 e. The molecule has 1 fully saturated rings. The van der Waals surface area contributed by atoms with Crippen LogP contribution < -0.4 is 10.2 Å². The summed E-state index contributed by atoms with van der Waals surface area (Å²) in [6, 6.07) is 12.3. The molecule has 0 radical (unpaired) electrons. The van der Waals surface area contributed by atoms with Gasteiger partial charge < -0.3 is 19.9 Å². The van der Waals surface area contributed by atoms with Gasteiger partial charge in [-0.3, -0.25) is 4.79 Å². The van der Waals surface area contributed by atoms with Crippen molar-refractivity contribution < 1.29 is 9.53 Å². The van der Waals surface area contributed by atoms with Crippen LogP contribution in [0.1, 0.15) is 16.1 Å². The fraction of sp³-hybridized carbons (Fsp3) is 0.300. The molecule has 0 aliphatic carbocycles. The van der Waals surface area contributed by atoms with E-state index < -0.39 is 0 Å². The summed E-state index contributed by atoms with van der Waals surface area (Å²) in [6.07, 6.45) is 0.832. The molecule has 1 saturated heterocycles. The fourth-order valence-corrected chi connectivity index (χ4v) is 3.76. The molecule has 0 saturated carbocycles. The maximum absolute atomic E-state index is 12.1. The number of aromatic nitrogens is 2. The number of nitrogens with zero attached hydrogens (tertiary/aromatic N) is 2. The number of amides is 1. The van der Waals surface area contributed by atoms with Crippen molar-refractivity contribution in [2.45, 2.75) is 6.42 Å². The molecule has 0 unspecified atom stereocenters. The van der Waals surface area contributed by atoms with Crippen LogP contribution in [0.3, 0.4) is 0 Å². The maximum atomic E-state index is 12.1. The molecule has 3 aromatic rings. The number of carbonyl (C=O) groups excluding carboxylic acids is 1. The Morgan fingerprint density at radius 3 is 2.81 bits per heavy atom. The van der Waals surface area contributed by atoms with Crippen molar-refractivity contribution in [2.24, 2.45) is 0 Å². The van der Waals surface area contributed by atoms with E-state index in [1.54, 1.807) is 0 Å². The zero-order valence-electron chi connectivity index (χ0n) is 14.4. The summed E-state index contributed by atoms with van der Waals surface area (Å²) in [5, 5.41) is 3.99. The van der Waals surface area contributed by atoms with Crippen LogP contribution in [-0.2, 0) is 11.2 Å². The van der Waals surface area contributed by atoms with Crippen molar-refractivity contribution in [3.8, 4) is 11.3 Å². The first kappa shape index (κ1) is 15.4. The van der Waals surface area contributed by atoms with E-state index in [1.807, 2.05) is 12.1 Å². The Hall–Kier alpha value is -2.86. The number of nitrogens with one attached hydrogen (secondary N) is 2. The number of benzene rings is 1. The number of rotatable bonds is 2. The predicted octanol–water partition coefficient (Wildman–Crippen LogP) is 2.35. The summed E-state index contributed by atoms with van der Waals surface area (Å²) in [5.41, 5.74) is 4.68. The minimum atomic E-state index is -0.00375. The average molecular weight is 348 g/mol. The van der Waals surface area contributed by atoms with Crippen LogP contribution in [-0.4, -0.2) is 48.7 Å². The van der Waals surface area contributed by atoms with Crippen molar-refractivity contribution in [1.29, 1.82) is 0 Å². The second kappa shape index (κ2) is 6.14. The number of H-pyrrole nitrogens is 1. The van der Waals surface area contributed by atoms with Crippen molar-refractivity contribution in [3.63, 3.8) is 0 Å². The third-order valence-electron chi connectivity index (χ3n) is 5.14. The Labute approximate surface area is 151 Å². The second-order valence-corrected chi connectivity index (χ2v) is 6.73. The second-order valence-electron chi connectivity index (χ2n) is 6.73. The number of anilines is 1. The molecule has 0 atom stereocenters. The van der Waals surface area contributed by atoms with Gasteiger partial charge in [-0.15, -0.1) is 0 Å². The third kappa shape index (κ3) is 2.54. The first-order chi connectivity index (χ1) is 12.8. The summed E-state index contributed by atoms with van der Waals surface area (Å²) in [7, 11) is 0. The lowest BCUT2D eigenvalue weighted by molar-refractivity contribution is 0.0946. The van der Waals surface area contributed by atoms with Gasteiger partial charge in [0, 0.05) is 48.4 Å². The molecule has 4 heterocycles. The highest BCUT2D eigenvalue weighted by atomic mass is 16.5. The Kier molecular flexibility index (Phi) is 3.64. The lowest BCUT2D eigenvalue weighted by Gasteiger charge is -2.28. The van der Waals surface area contributed by atoms with Crippen LogP contribution in [0.5, 0.6) is 0 Å². The Balaban J connectivity index is 1.62. The standard InChI is InChI=1S/C20H20N4O2/c25-20-15-12-17(22-16(15)6-7-21-20)14-3-1-2-13-4-5-18(23-19(13)14)24-8-10-26-11-9-24/h1-5,12,22H,6-11H2,(H,21,25). The summed E-state index contributed by atoms with van der Waals surface area (Å²) in [6.45, 7) is 3.87. The molecular formula is C20H20N4O2. The lowest BCUT2D eigenvalue weighted by Crippen LogP contribution is -2.36. The molecule has 0 bridgehead atoms. The van der Waals surface area contributed by atoms with E-state index in [0.29, 0.717) is 6.54 Å². The largest absolute Gasteiger partial charge is 0.378 e. The quantitative estimate of drug-likeness (QED) is 0.746. The minimum absolute atomic E-state index is 0.00375. The van der Waals surface area contributed by atoms with E-state index >= 15 is 0 Å². The molecule has 2 N–H and O–H groups in total. The van der Waals surface area contributed by atoms with E-state index in [-0.39, 0.29) is 5.91 Å². The van der Waals surface area contributed by atoms with E-state index in [9.17, 15) is 4.79 Å². The normalized spacial score (nSPS) is 17.2. The molecule has 5 rings (SSSR count). The van der Waals surface area contributed by atoms with Crippen molar-refractivity contribution in [2.75, 3.05) is 37.7 Å². The molecular weight excluding hydrogens is 328 g/mol. The van der Waals surface area contributed by atoms with Crippen molar-refractivity contribution in [1.82, 2.24) is 15.3 Å². The molecule has 6 nitrogen and oxygen atoms in total. The van der Waals surface area contributed by atoms with Crippen LogP contribution in [0.4, 0.5) is 5.82 Å². The van der Waals surface area contributed by atoms with Crippen LogP contribution in [0.25, 0.3) is 22.2 Å². The Morgan fingerprint density at radius 2 is 1.96 bits per heavy atom. The molecule has 1 aromatic carbocycles. The predicted molar refractivity (Wildman–Crippen MR) is 101 cm³/mol. The van der Waals surface area contributed by atoms with Crippen LogP contribution in [0.15, 0.2) is 36.4 Å². The number of ether oxygens (including phenoxy) is 1. The number of fused-ring (bicyclic) bond motifs is 2. The van der Waals surface area contributed by atoms with Crippen molar-refractivity contribution in [3.05, 3.63) is 47.7 Å². The molecule has 26 heavy (non-hydrogen) atoms. The number of carbonyl (C=O) groups is 1. The fourth-order valence-electron chi connectivity index (χ4n) is 3.76. The number of hydrogen-bond acceptors (Lipinski definition) is 4. The maximum Gasteiger partial charge on any atom is 0.253 e. The monoisotopic (exact) mass is 348 g/mol. The van der Waals surface area contributed by atoms with Gasteiger partial charge in [0.1, 0.15) is 5.82 Å². The smallest absolute Gasteiger partial charge is 0.253 e. The van der Waals surface area contributed by atoms with Crippen LogP contribution in [0.2, 0.25) is 0 Å². The Morgan fingerprint density at radius 1 is 1.08 bits per heavy atom. The number of morpholine rings is 1. The number of aromatic amines is 1. The molecule has 2 aliphatic heterocycles. The van der Waals surface area contributed by atoms with Gasteiger partial charge in [-0.05, 0) is 18.2 Å². The zero-order valence-corrected chi connectivity index (χ0v) is 14.4. The molecule has 1 amide bonds. The van der Waals surface area contributed by atoms with Gasteiger partial charge in [0.15, 0.2) is 0 Å². The molecule has 2 aliphatic rings. The average Bonchev–Trinajstić information content (AvgIpc) is 3.13. The number of hydrogen-bond donors (Lipinski definition) is 2. The highest BCUT2D eigenvalue weighted by molar-refractivity contribution is 6.00. The van der Waals surface area contributed by atoms with Crippen LogP contribution >= 0.6 is 0 Å². The summed E-state index contributed by atoms with van der Waals surface area (Å²) < 4.78 is 5.45.